The monoisotopic (exact) mass is 353 g/mol. The minimum absolute atomic E-state index is 0.0698. The van der Waals surface area contributed by atoms with Gasteiger partial charge in [-0.1, -0.05) is 60.1 Å². The first-order valence-electron chi connectivity index (χ1n) is 7.74. The van der Waals surface area contributed by atoms with E-state index < -0.39 is 17.7 Å². The zero-order chi connectivity index (χ0) is 18.0. The number of Topliss-reactive ketones (excluding diaryl/α,β-unsaturated/α-hetero) is 1. The lowest BCUT2D eigenvalue weighted by atomic mass is 9.95. The summed E-state index contributed by atoms with van der Waals surface area (Å²) in [6.45, 7) is 3.85. The summed E-state index contributed by atoms with van der Waals surface area (Å²) in [6, 6.07) is 14.9. The fourth-order valence-electron chi connectivity index (χ4n) is 2.95. The van der Waals surface area contributed by atoms with E-state index in [1.807, 2.05) is 6.07 Å². The molecular formula is C20H16ClNO3. The van der Waals surface area contributed by atoms with Gasteiger partial charge in [0, 0.05) is 17.1 Å². The van der Waals surface area contributed by atoms with Gasteiger partial charge >= 0.3 is 0 Å². The van der Waals surface area contributed by atoms with E-state index in [2.05, 4.69) is 6.58 Å². The van der Waals surface area contributed by atoms with Crippen LogP contribution in [0.5, 0.6) is 0 Å². The van der Waals surface area contributed by atoms with Crippen molar-refractivity contribution in [2.45, 2.75) is 6.04 Å². The van der Waals surface area contributed by atoms with E-state index in [4.69, 9.17) is 11.6 Å². The quantitative estimate of drug-likeness (QED) is 0.392. The van der Waals surface area contributed by atoms with E-state index >= 15 is 0 Å². The smallest absolute Gasteiger partial charge is 0.295 e. The van der Waals surface area contributed by atoms with Gasteiger partial charge in [-0.15, -0.1) is 6.58 Å². The van der Waals surface area contributed by atoms with Crippen LogP contribution < -0.4 is 0 Å². The van der Waals surface area contributed by atoms with Crippen molar-refractivity contribution in [1.29, 1.82) is 0 Å². The van der Waals surface area contributed by atoms with Crippen LogP contribution in [0.3, 0.4) is 0 Å². The number of ketones is 1. The van der Waals surface area contributed by atoms with Crippen LogP contribution in [-0.4, -0.2) is 28.2 Å². The Kier molecular flexibility index (Phi) is 4.72. The molecule has 1 N–H and O–H groups in total. The molecule has 2 aromatic carbocycles. The van der Waals surface area contributed by atoms with E-state index in [1.54, 1.807) is 54.6 Å². The molecule has 0 radical (unpaired) electrons. The number of benzene rings is 2. The average Bonchev–Trinajstić information content (AvgIpc) is 2.88. The van der Waals surface area contributed by atoms with Crippen molar-refractivity contribution in [2.75, 3.05) is 6.54 Å². The Hall–Kier alpha value is -2.85. The van der Waals surface area contributed by atoms with Gasteiger partial charge in [0.2, 0.25) is 0 Å². The first kappa shape index (κ1) is 17.0. The van der Waals surface area contributed by atoms with Crippen LogP contribution in [0.25, 0.3) is 5.76 Å². The molecule has 4 nitrogen and oxygen atoms in total. The summed E-state index contributed by atoms with van der Waals surface area (Å²) in [6.07, 6.45) is 1.55. The summed E-state index contributed by atoms with van der Waals surface area (Å²) in [4.78, 5) is 26.4. The van der Waals surface area contributed by atoms with E-state index in [0.717, 1.165) is 0 Å². The third-order valence-corrected chi connectivity index (χ3v) is 4.35. The molecule has 0 spiro atoms. The fourth-order valence-corrected chi connectivity index (χ4v) is 3.08. The van der Waals surface area contributed by atoms with Gasteiger partial charge in [0.25, 0.3) is 11.7 Å². The first-order chi connectivity index (χ1) is 12.0. The number of carbonyl (C=O) groups excluding carboxylic acids is 2. The second-order valence-corrected chi connectivity index (χ2v) is 6.09. The average molecular weight is 354 g/mol. The molecule has 1 heterocycles. The molecule has 5 heteroatoms. The predicted octanol–water partition coefficient (Wildman–Crippen LogP) is 3.95. The molecule has 126 valence electrons. The summed E-state index contributed by atoms with van der Waals surface area (Å²) in [5.41, 5.74) is 1.25. The molecule has 1 aliphatic heterocycles. The number of nitrogens with zero attached hydrogens (tertiary/aromatic N) is 1. The molecule has 1 saturated heterocycles. The zero-order valence-electron chi connectivity index (χ0n) is 13.4. The lowest BCUT2D eigenvalue weighted by molar-refractivity contribution is -0.139. The van der Waals surface area contributed by atoms with E-state index in [-0.39, 0.29) is 17.9 Å². The summed E-state index contributed by atoms with van der Waals surface area (Å²) >= 11 is 5.94. The van der Waals surface area contributed by atoms with Gasteiger partial charge in [-0.2, -0.15) is 0 Å². The van der Waals surface area contributed by atoms with Gasteiger partial charge in [-0.05, 0) is 17.7 Å². The van der Waals surface area contributed by atoms with Crippen LogP contribution in [0.2, 0.25) is 5.02 Å². The van der Waals surface area contributed by atoms with Gasteiger partial charge in [0.1, 0.15) is 5.76 Å². The molecule has 25 heavy (non-hydrogen) atoms. The highest BCUT2D eigenvalue weighted by Gasteiger charge is 2.45. The largest absolute Gasteiger partial charge is 0.507 e. The topological polar surface area (TPSA) is 57.6 Å². The van der Waals surface area contributed by atoms with Crippen LogP contribution in [0.4, 0.5) is 0 Å². The highest BCUT2D eigenvalue weighted by molar-refractivity contribution is 6.46. The standard InChI is InChI=1S/C20H16ClNO3/c1-2-12-22-17(13-8-10-15(21)11-9-13)16(19(24)20(22)25)18(23)14-6-4-3-5-7-14/h2-11,17,23H,1,12H2/b18-16+/t17-/m0/s1. The van der Waals surface area contributed by atoms with Crippen molar-refractivity contribution in [3.63, 3.8) is 0 Å². The SMILES string of the molecule is C=CCN1C(=O)C(=O)/C(=C(/O)c2ccccc2)[C@@H]1c1ccc(Cl)cc1. The van der Waals surface area contributed by atoms with E-state index in [9.17, 15) is 14.7 Å². The Morgan fingerprint density at radius 3 is 2.36 bits per heavy atom. The van der Waals surface area contributed by atoms with Crippen LogP contribution in [0.15, 0.2) is 72.8 Å². The number of carbonyl (C=O) groups is 2. The third-order valence-electron chi connectivity index (χ3n) is 4.10. The van der Waals surface area contributed by atoms with Gasteiger partial charge in [-0.25, -0.2) is 0 Å². The van der Waals surface area contributed by atoms with Crippen molar-refractivity contribution in [3.05, 3.63) is 89.0 Å². The number of likely N-dealkylation sites (tertiary alicyclic amines) is 1. The molecule has 0 bridgehead atoms. The summed E-state index contributed by atoms with van der Waals surface area (Å²) in [7, 11) is 0. The number of hydrogen-bond donors (Lipinski definition) is 1. The van der Waals surface area contributed by atoms with Gasteiger partial charge in [0.05, 0.1) is 11.6 Å². The molecule has 1 amide bonds. The number of rotatable bonds is 4. The summed E-state index contributed by atoms with van der Waals surface area (Å²) < 4.78 is 0. The second-order valence-electron chi connectivity index (χ2n) is 5.66. The van der Waals surface area contributed by atoms with Crippen LogP contribution in [0, 0.1) is 0 Å². The lowest BCUT2D eigenvalue weighted by Gasteiger charge is -2.24. The Labute approximate surface area is 150 Å². The number of halogens is 1. The molecular weight excluding hydrogens is 338 g/mol. The van der Waals surface area contributed by atoms with Gasteiger partial charge < -0.3 is 10.0 Å². The van der Waals surface area contributed by atoms with Gasteiger partial charge in [-0.3, -0.25) is 9.59 Å². The molecule has 1 atom stereocenters. The van der Waals surface area contributed by atoms with Crippen LogP contribution >= 0.6 is 11.6 Å². The highest BCUT2D eigenvalue weighted by Crippen LogP contribution is 2.39. The predicted molar refractivity (Wildman–Crippen MR) is 97.1 cm³/mol. The maximum absolute atomic E-state index is 12.6. The maximum atomic E-state index is 12.6. The molecule has 0 saturated carbocycles. The Morgan fingerprint density at radius 2 is 1.76 bits per heavy atom. The van der Waals surface area contributed by atoms with Crippen molar-refractivity contribution >= 4 is 29.1 Å². The fraction of sp³-hybridized carbons (Fsp3) is 0.100. The Bertz CT molecular complexity index is 856. The molecule has 2 aromatic rings. The van der Waals surface area contributed by atoms with E-state index in [1.165, 1.54) is 4.90 Å². The normalized spacial score (nSPS) is 19.2. The molecule has 1 aliphatic rings. The minimum atomic E-state index is -0.705. The highest BCUT2D eigenvalue weighted by atomic mass is 35.5. The minimum Gasteiger partial charge on any atom is -0.507 e. The maximum Gasteiger partial charge on any atom is 0.295 e. The van der Waals surface area contributed by atoms with Gasteiger partial charge in [0.15, 0.2) is 0 Å². The molecule has 3 rings (SSSR count). The second kappa shape index (κ2) is 6.95. The van der Waals surface area contributed by atoms with E-state index in [0.29, 0.717) is 16.1 Å². The molecule has 0 aliphatic carbocycles. The molecule has 0 aromatic heterocycles. The number of amides is 1. The molecule has 1 fully saturated rings. The van der Waals surface area contributed by atoms with Crippen molar-refractivity contribution in [1.82, 2.24) is 4.90 Å². The van der Waals surface area contributed by atoms with Crippen molar-refractivity contribution in [2.24, 2.45) is 0 Å². The van der Waals surface area contributed by atoms with Crippen molar-refractivity contribution < 1.29 is 14.7 Å². The number of hydrogen-bond acceptors (Lipinski definition) is 3. The zero-order valence-corrected chi connectivity index (χ0v) is 14.1. The van der Waals surface area contributed by atoms with Crippen molar-refractivity contribution in [3.8, 4) is 0 Å². The lowest BCUT2D eigenvalue weighted by Crippen LogP contribution is -2.29. The van der Waals surface area contributed by atoms with Crippen LogP contribution in [-0.2, 0) is 9.59 Å². The van der Waals surface area contributed by atoms with Crippen LogP contribution in [0.1, 0.15) is 17.2 Å². The number of aliphatic hydroxyl groups is 1. The summed E-state index contributed by atoms with van der Waals surface area (Å²) in [5.74, 6) is -1.55. The number of aliphatic hydroxyl groups excluding tert-OH is 1. The third kappa shape index (κ3) is 3.08. The first-order valence-corrected chi connectivity index (χ1v) is 8.12. The Balaban J connectivity index is 2.19. The summed E-state index contributed by atoms with van der Waals surface area (Å²) in [5, 5.41) is 11.3. The Morgan fingerprint density at radius 1 is 1.12 bits per heavy atom. The molecule has 0 unspecified atom stereocenters.